The van der Waals surface area contributed by atoms with Gasteiger partial charge in [0.15, 0.2) is 0 Å². The summed E-state index contributed by atoms with van der Waals surface area (Å²) in [7, 11) is 0. The summed E-state index contributed by atoms with van der Waals surface area (Å²) in [5, 5.41) is 10.4. The van der Waals surface area contributed by atoms with Gasteiger partial charge in [-0.1, -0.05) is 22.0 Å². The zero-order chi connectivity index (χ0) is 15.4. The molecule has 0 saturated heterocycles. The summed E-state index contributed by atoms with van der Waals surface area (Å²) >= 11 is 3.37. The highest BCUT2D eigenvalue weighted by atomic mass is 79.9. The van der Waals surface area contributed by atoms with Crippen molar-refractivity contribution in [2.75, 3.05) is 0 Å². The first-order chi connectivity index (χ1) is 10.7. The molecule has 1 amide bonds. The Kier molecular flexibility index (Phi) is 4.24. The molecule has 0 unspecified atom stereocenters. The molecule has 110 valence electrons. The van der Waals surface area contributed by atoms with E-state index in [0.717, 1.165) is 15.6 Å². The number of hydrogen-bond donors (Lipinski definition) is 1. The number of carbonyl (C=O) groups is 1. The summed E-state index contributed by atoms with van der Waals surface area (Å²) in [6.07, 6.45) is 3.33. The molecule has 0 radical (unpaired) electrons. The van der Waals surface area contributed by atoms with Gasteiger partial charge in [0.2, 0.25) is 5.89 Å². The van der Waals surface area contributed by atoms with Gasteiger partial charge in [0.05, 0.1) is 0 Å². The van der Waals surface area contributed by atoms with E-state index in [1.165, 1.54) is 0 Å². The SMILES string of the molecule is O=C(NCc1ccncc1)c1nnc(-c2cccc(Br)c2)o1. The van der Waals surface area contributed by atoms with E-state index in [-0.39, 0.29) is 5.89 Å². The van der Waals surface area contributed by atoms with Crippen LogP contribution in [-0.2, 0) is 6.54 Å². The van der Waals surface area contributed by atoms with E-state index in [9.17, 15) is 4.79 Å². The van der Waals surface area contributed by atoms with Crippen LogP contribution in [0.1, 0.15) is 16.2 Å². The molecule has 0 atom stereocenters. The average Bonchev–Trinajstić information content (AvgIpc) is 3.04. The molecular weight excluding hydrogens is 348 g/mol. The third-order valence-corrected chi connectivity index (χ3v) is 3.39. The first-order valence-electron chi connectivity index (χ1n) is 6.49. The lowest BCUT2D eigenvalue weighted by Crippen LogP contribution is -2.23. The monoisotopic (exact) mass is 358 g/mol. The lowest BCUT2D eigenvalue weighted by molar-refractivity contribution is 0.0917. The molecule has 7 heteroatoms. The summed E-state index contributed by atoms with van der Waals surface area (Å²) in [6.45, 7) is 0.371. The number of pyridine rings is 1. The van der Waals surface area contributed by atoms with Gasteiger partial charge >= 0.3 is 11.8 Å². The van der Waals surface area contributed by atoms with Gasteiger partial charge in [-0.3, -0.25) is 9.78 Å². The number of amides is 1. The van der Waals surface area contributed by atoms with Crippen molar-refractivity contribution in [2.45, 2.75) is 6.54 Å². The molecule has 22 heavy (non-hydrogen) atoms. The molecule has 0 aliphatic carbocycles. The Hall–Kier alpha value is -2.54. The molecule has 2 heterocycles. The van der Waals surface area contributed by atoms with Crippen molar-refractivity contribution < 1.29 is 9.21 Å². The van der Waals surface area contributed by atoms with Crippen LogP contribution in [0.15, 0.2) is 57.7 Å². The molecule has 0 bridgehead atoms. The highest BCUT2D eigenvalue weighted by molar-refractivity contribution is 9.10. The lowest BCUT2D eigenvalue weighted by atomic mass is 10.2. The maximum atomic E-state index is 12.0. The predicted molar refractivity (Wildman–Crippen MR) is 82.8 cm³/mol. The van der Waals surface area contributed by atoms with Gasteiger partial charge in [-0.25, -0.2) is 0 Å². The maximum absolute atomic E-state index is 12.0. The van der Waals surface area contributed by atoms with Gasteiger partial charge in [-0.05, 0) is 35.9 Å². The summed E-state index contributed by atoms with van der Waals surface area (Å²) in [6, 6.07) is 11.1. The second kappa shape index (κ2) is 6.48. The van der Waals surface area contributed by atoms with Crippen LogP contribution in [0.4, 0.5) is 0 Å². The Morgan fingerprint density at radius 2 is 2.00 bits per heavy atom. The van der Waals surface area contributed by atoms with E-state index in [2.05, 4.69) is 36.4 Å². The summed E-state index contributed by atoms with van der Waals surface area (Å²) in [4.78, 5) is 15.9. The molecule has 3 aromatic rings. The van der Waals surface area contributed by atoms with Crippen LogP contribution in [0.3, 0.4) is 0 Å². The summed E-state index contributed by atoms with van der Waals surface area (Å²) in [5.41, 5.74) is 1.69. The number of nitrogens with zero attached hydrogens (tertiary/aromatic N) is 3. The quantitative estimate of drug-likeness (QED) is 0.775. The lowest BCUT2D eigenvalue weighted by Gasteiger charge is -2.01. The Labute approximate surface area is 134 Å². The Balaban J connectivity index is 1.69. The van der Waals surface area contributed by atoms with Crippen molar-refractivity contribution in [3.8, 4) is 11.5 Å². The van der Waals surface area contributed by atoms with Crippen LogP contribution in [0, 0.1) is 0 Å². The number of carbonyl (C=O) groups excluding carboxylic acids is 1. The largest absolute Gasteiger partial charge is 0.412 e. The first-order valence-corrected chi connectivity index (χ1v) is 7.28. The van der Waals surface area contributed by atoms with Gasteiger partial charge in [-0.2, -0.15) is 0 Å². The zero-order valence-corrected chi connectivity index (χ0v) is 12.9. The molecule has 3 rings (SSSR count). The van der Waals surface area contributed by atoms with E-state index >= 15 is 0 Å². The third-order valence-electron chi connectivity index (χ3n) is 2.89. The smallest absolute Gasteiger partial charge is 0.309 e. The van der Waals surface area contributed by atoms with Gasteiger partial charge < -0.3 is 9.73 Å². The zero-order valence-electron chi connectivity index (χ0n) is 11.4. The molecule has 0 saturated carbocycles. The standard InChI is InChI=1S/C15H11BrN4O2/c16-12-3-1-2-11(8-12)14-19-20-15(22-14)13(21)18-9-10-4-6-17-7-5-10/h1-8H,9H2,(H,18,21). The number of hydrogen-bond acceptors (Lipinski definition) is 5. The molecule has 0 aliphatic rings. The van der Waals surface area contributed by atoms with Crippen LogP contribution in [0.5, 0.6) is 0 Å². The van der Waals surface area contributed by atoms with E-state index in [1.54, 1.807) is 12.4 Å². The fraction of sp³-hybridized carbons (Fsp3) is 0.0667. The summed E-state index contributed by atoms with van der Waals surface area (Å²) < 4.78 is 6.30. The van der Waals surface area contributed by atoms with E-state index in [4.69, 9.17) is 4.42 Å². The number of nitrogens with one attached hydrogen (secondary N) is 1. The van der Waals surface area contributed by atoms with Crippen molar-refractivity contribution in [3.05, 3.63) is 64.7 Å². The Morgan fingerprint density at radius 3 is 2.77 bits per heavy atom. The number of rotatable bonds is 4. The van der Waals surface area contributed by atoms with Crippen LogP contribution in [-0.4, -0.2) is 21.1 Å². The minimum atomic E-state index is -0.412. The van der Waals surface area contributed by atoms with Gasteiger partial charge in [0.25, 0.3) is 0 Å². The minimum absolute atomic E-state index is 0.0657. The average molecular weight is 359 g/mol. The molecule has 6 nitrogen and oxygen atoms in total. The van der Waals surface area contributed by atoms with Crippen molar-refractivity contribution >= 4 is 21.8 Å². The maximum Gasteiger partial charge on any atom is 0.309 e. The molecule has 0 aliphatic heterocycles. The summed E-state index contributed by atoms with van der Waals surface area (Å²) in [5.74, 6) is -0.176. The van der Waals surface area contributed by atoms with Crippen molar-refractivity contribution in [3.63, 3.8) is 0 Å². The topological polar surface area (TPSA) is 80.9 Å². The number of aromatic nitrogens is 3. The Bertz CT molecular complexity index is 789. The van der Waals surface area contributed by atoms with Crippen LogP contribution >= 0.6 is 15.9 Å². The predicted octanol–water partition coefficient (Wildman–Crippen LogP) is 2.82. The van der Waals surface area contributed by atoms with E-state index in [0.29, 0.717) is 12.4 Å². The van der Waals surface area contributed by atoms with Gasteiger partial charge in [0.1, 0.15) is 0 Å². The van der Waals surface area contributed by atoms with Crippen LogP contribution < -0.4 is 5.32 Å². The van der Waals surface area contributed by atoms with Crippen LogP contribution in [0.25, 0.3) is 11.5 Å². The van der Waals surface area contributed by atoms with Crippen molar-refractivity contribution in [1.82, 2.24) is 20.5 Å². The number of benzene rings is 1. The highest BCUT2D eigenvalue weighted by Crippen LogP contribution is 2.21. The third kappa shape index (κ3) is 3.37. The second-order valence-corrected chi connectivity index (χ2v) is 5.38. The number of halogens is 1. The molecule has 0 spiro atoms. The van der Waals surface area contributed by atoms with Crippen LogP contribution in [0.2, 0.25) is 0 Å². The molecular formula is C15H11BrN4O2. The van der Waals surface area contributed by atoms with Crippen molar-refractivity contribution in [1.29, 1.82) is 0 Å². The second-order valence-electron chi connectivity index (χ2n) is 4.46. The van der Waals surface area contributed by atoms with Gasteiger partial charge in [0, 0.05) is 29.0 Å². The van der Waals surface area contributed by atoms with E-state index in [1.807, 2.05) is 36.4 Å². The molecule has 1 N–H and O–H groups in total. The minimum Gasteiger partial charge on any atom is -0.412 e. The molecule has 0 fully saturated rings. The van der Waals surface area contributed by atoms with Crippen molar-refractivity contribution in [2.24, 2.45) is 0 Å². The normalized spacial score (nSPS) is 10.4. The molecule has 2 aromatic heterocycles. The Morgan fingerprint density at radius 1 is 1.18 bits per heavy atom. The molecule has 1 aromatic carbocycles. The first kappa shape index (κ1) is 14.4. The fourth-order valence-corrected chi connectivity index (χ4v) is 2.21. The highest BCUT2D eigenvalue weighted by Gasteiger charge is 2.15. The van der Waals surface area contributed by atoms with E-state index < -0.39 is 5.91 Å². The fourth-order valence-electron chi connectivity index (χ4n) is 1.81. The van der Waals surface area contributed by atoms with Gasteiger partial charge in [-0.15, -0.1) is 10.2 Å².